The second-order valence-electron chi connectivity index (χ2n) is 8.20. The average Bonchev–Trinajstić information content (AvgIpc) is 3.28. The highest BCUT2D eigenvalue weighted by Crippen LogP contribution is 2.20. The lowest BCUT2D eigenvalue weighted by Crippen LogP contribution is -2.39. The van der Waals surface area contributed by atoms with Gasteiger partial charge in [-0.15, -0.1) is 24.0 Å². The maximum Gasteiger partial charge on any atom is 0.193 e. The summed E-state index contributed by atoms with van der Waals surface area (Å²) in [6, 6.07) is 9.01. The van der Waals surface area contributed by atoms with Crippen LogP contribution in [0.2, 0.25) is 0 Å². The summed E-state index contributed by atoms with van der Waals surface area (Å²) >= 11 is 0. The largest absolute Gasteiger partial charge is 0.381 e. The summed E-state index contributed by atoms with van der Waals surface area (Å²) in [6.45, 7) is 7.43. The van der Waals surface area contributed by atoms with Crippen LogP contribution < -0.4 is 10.2 Å². The molecule has 1 atom stereocenters. The number of hydrogen-bond donors (Lipinski definition) is 1. The van der Waals surface area contributed by atoms with Gasteiger partial charge in [-0.05, 0) is 49.8 Å². The van der Waals surface area contributed by atoms with Crippen molar-refractivity contribution >= 4 is 35.6 Å². The van der Waals surface area contributed by atoms with E-state index in [4.69, 9.17) is 9.47 Å². The summed E-state index contributed by atoms with van der Waals surface area (Å²) < 4.78 is 11.2. The minimum absolute atomic E-state index is 0. The second-order valence-corrected chi connectivity index (χ2v) is 8.20. The Bertz CT molecular complexity index is 614. The molecule has 0 saturated carbocycles. The van der Waals surface area contributed by atoms with E-state index in [1.165, 1.54) is 43.6 Å². The third kappa shape index (κ3) is 8.23. The molecule has 7 heteroatoms. The Morgan fingerprint density at radius 3 is 2.67 bits per heavy atom. The molecule has 2 heterocycles. The molecule has 0 spiro atoms. The fourth-order valence-electron chi connectivity index (χ4n) is 4.04. The number of piperidine rings is 1. The summed E-state index contributed by atoms with van der Waals surface area (Å²) in [7, 11) is 3.93. The van der Waals surface area contributed by atoms with Crippen LogP contribution in [0.15, 0.2) is 29.3 Å². The molecule has 0 aromatic heterocycles. The summed E-state index contributed by atoms with van der Waals surface area (Å²) in [6.07, 6.45) is 6.10. The van der Waals surface area contributed by atoms with Gasteiger partial charge in [-0.25, -0.2) is 0 Å². The average molecular weight is 530 g/mol. The van der Waals surface area contributed by atoms with Crippen molar-refractivity contribution in [3.63, 3.8) is 0 Å². The Morgan fingerprint density at radius 1 is 1.23 bits per heavy atom. The predicted octanol–water partition coefficient (Wildman–Crippen LogP) is 3.75. The molecule has 30 heavy (non-hydrogen) atoms. The lowest BCUT2D eigenvalue weighted by Gasteiger charge is -2.29. The van der Waals surface area contributed by atoms with Crippen LogP contribution in [-0.2, 0) is 16.0 Å². The zero-order valence-corrected chi connectivity index (χ0v) is 21.0. The maximum atomic E-state index is 5.77. The van der Waals surface area contributed by atoms with E-state index in [1.54, 1.807) is 0 Å². The third-order valence-corrected chi connectivity index (χ3v) is 5.78. The quantitative estimate of drug-likeness (QED) is 0.228. The summed E-state index contributed by atoms with van der Waals surface area (Å²) in [5.41, 5.74) is 2.65. The smallest absolute Gasteiger partial charge is 0.193 e. The van der Waals surface area contributed by atoms with Crippen molar-refractivity contribution in [1.29, 1.82) is 0 Å². The first kappa shape index (κ1) is 25.2. The number of hydrogen-bond acceptors (Lipinski definition) is 4. The number of aliphatic imine (C=N–C) groups is 1. The molecule has 2 aliphatic rings. The minimum atomic E-state index is 0. The van der Waals surface area contributed by atoms with Crippen LogP contribution >= 0.6 is 24.0 Å². The van der Waals surface area contributed by atoms with Gasteiger partial charge in [0.05, 0.1) is 13.2 Å². The molecule has 1 aromatic rings. The van der Waals surface area contributed by atoms with Crippen molar-refractivity contribution in [2.45, 2.75) is 38.6 Å². The number of halogens is 1. The molecule has 3 rings (SSSR count). The standard InChI is InChI=1S/C23H38N4O2.HI/c1-24-23(25-12-6-15-28-18-21-11-16-29-19-21)26(2)17-20-7-9-22(10-8-20)27-13-4-3-5-14-27;/h7-10,21H,3-6,11-19H2,1-2H3,(H,24,25);1H. The molecule has 6 nitrogen and oxygen atoms in total. The lowest BCUT2D eigenvalue weighted by molar-refractivity contribution is 0.0887. The van der Waals surface area contributed by atoms with Crippen molar-refractivity contribution in [3.8, 4) is 0 Å². The highest BCUT2D eigenvalue weighted by molar-refractivity contribution is 14.0. The van der Waals surface area contributed by atoms with Crippen LogP contribution in [0.5, 0.6) is 0 Å². The van der Waals surface area contributed by atoms with E-state index in [0.717, 1.165) is 58.3 Å². The number of anilines is 1. The first-order valence-corrected chi connectivity index (χ1v) is 11.2. The third-order valence-electron chi connectivity index (χ3n) is 5.78. The molecule has 0 bridgehead atoms. The molecule has 170 valence electrons. The number of benzene rings is 1. The Labute approximate surface area is 199 Å². The zero-order chi connectivity index (χ0) is 20.3. The Hall–Kier alpha value is -1.06. The molecular weight excluding hydrogens is 491 g/mol. The first-order chi connectivity index (χ1) is 14.3. The Morgan fingerprint density at radius 2 is 2.00 bits per heavy atom. The summed E-state index contributed by atoms with van der Waals surface area (Å²) in [4.78, 5) is 9.09. The monoisotopic (exact) mass is 530 g/mol. The van der Waals surface area contributed by atoms with Gasteiger partial charge >= 0.3 is 0 Å². The molecule has 2 aliphatic heterocycles. The van der Waals surface area contributed by atoms with Gasteiger partial charge < -0.3 is 24.6 Å². The van der Waals surface area contributed by atoms with Gasteiger partial charge in [0.25, 0.3) is 0 Å². The van der Waals surface area contributed by atoms with E-state index in [0.29, 0.717) is 5.92 Å². The van der Waals surface area contributed by atoms with Crippen LogP contribution in [0, 0.1) is 5.92 Å². The van der Waals surface area contributed by atoms with Gasteiger partial charge in [0.1, 0.15) is 0 Å². The molecule has 1 unspecified atom stereocenters. The lowest BCUT2D eigenvalue weighted by atomic mass is 10.1. The highest BCUT2D eigenvalue weighted by Gasteiger charge is 2.15. The van der Waals surface area contributed by atoms with E-state index in [2.05, 4.69) is 51.4 Å². The van der Waals surface area contributed by atoms with E-state index >= 15 is 0 Å². The fraction of sp³-hybridized carbons (Fsp3) is 0.696. The van der Waals surface area contributed by atoms with Gasteiger partial charge in [0, 0.05) is 65.1 Å². The number of rotatable bonds is 9. The van der Waals surface area contributed by atoms with Crippen molar-refractivity contribution in [2.24, 2.45) is 10.9 Å². The fourth-order valence-corrected chi connectivity index (χ4v) is 4.04. The molecule has 0 amide bonds. The summed E-state index contributed by atoms with van der Waals surface area (Å²) in [5, 5.41) is 3.44. The molecule has 2 fully saturated rings. The molecule has 1 N–H and O–H groups in total. The van der Waals surface area contributed by atoms with Crippen LogP contribution in [-0.4, -0.2) is 71.0 Å². The van der Waals surface area contributed by atoms with Gasteiger partial charge in [-0.3, -0.25) is 4.99 Å². The highest BCUT2D eigenvalue weighted by atomic mass is 127. The zero-order valence-electron chi connectivity index (χ0n) is 18.6. The molecule has 0 radical (unpaired) electrons. The number of guanidine groups is 1. The SMILES string of the molecule is CN=C(NCCCOCC1CCOC1)N(C)Cc1ccc(N2CCCCC2)cc1.I. The van der Waals surface area contributed by atoms with E-state index in [1.807, 2.05) is 7.05 Å². The predicted molar refractivity (Wildman–Crippen MR) is 135 cm³/mol. The van der Waals surface area contributed by atoms with E-state index in [-0.39, 0.29) is 24.0 Å². The van der Waals surface area contributed by atoms with Crippen molar-refractivity contribution in [2.75, 3.05) is 65.1 Å². The van der Waals surface area contributed by atoms with Gasteiger partial charge in [0.2, 0.25) is 0 Å². The molecular formula is C23H39IN4O2. The number of nitrogens with one attached hydrogen (secondary N) is 1. The van der Waals surface area contributed by atoms with Crippen LogP contribution in [0.4, 0.5) is 5.69 Å². The molecule has 0 aliphatic carbocycles. The van der Waals surface area contributed by atoms with Gasteiger partial charge in [0.15, 0.2) is 5.96 Å². The summed E-state index contributed by atoms with van der Waals surface area (Å²) in [5.74, 6) is 1.51. The first-order valence-electron chi connectivity index (χ1n) is 11.2. The van der Waals surface area contributed by atoms with Crippen LogP contribution in [0.25, 0.3) is 0 Å². The maximum absolute atomic E-state index is 5.77. The second kappa shape index (κ2) is 14.1. The van der Waals surface area contributed by atoms with Crippen molar-refractivity contribution < 1.29 is 9.47 Å². The van der Waals surface area contributed by atoms with E-state index in [9.17, 15) is 0 Å². The number of ether oxygens (including phenoxy) is 2. The van der Waals surface area contributed by atoms with Crippen LogP contribution in [0.3, 0.4) is 0 Å². The Kier molecular flexibility index (Phi) is 11.8. The van der Waals surface area contributed by atoms with E-state index < -0.39 is 0 Å². The normalized spacial score (nSPS) is 19.5. The minimum Gasteiger partial charge on any atom is -0.381 e. The van der Waals surface area contributed by atoms with Crippen LogP contribution in [0.1, 0.15) is 37.7 Å². The Balaban J connectivity index is 0.00000320. The molecule has 1 aromatic carbocycles. The molecule has 2 saturated heterocycles. The van der Waals surface area contributed by atoms with Crippen molar-refractivity contribution in [3.05, 3.63) is 29.8 Å². The topological polar surface area (TPSA) is 49.3 Å². The van der Waals surface area contributed by atoms with Crippen molar-refractivity contribution in [1.82, 2.24) is 10.2 Å². The number of nitrogens with zero attached hydrogens (tertiary/aromatic N) is 3. The van der Waals surface area contributed by atoms with Gasteiger partial charge in [-0.2, -0.15) is 0 Å². The van der Waals surface area contributed by atoms with Gasteiger partial charge in [-0.1, -0.05) is 12.1 Å².